The first-order chi connectivity index (χ1) is 14.8. The summed E-state index contributed by atoms with van der Waals surface area (Å²) in [6.45, 7) is 2.75. The topological polar surface area (TPSA) is 104 Å². The number of amides is 2. The molecule has 4 heterocycles. The normalized spacial score (nSPS) is 20.2. The molecule has 0 aromatic carbocycles. The number of carbonyl (C=O) groups is 2. The molecular weight excluding hydrogens is 457 g/mol. The van der Waals surface area contributed by atoms with E-state index >= 15 is 0 Å². The molecule has 0 saturated carbocycles. The van der Waals surface area contributed by atoms with E-state index in [1.165, 1.54) is 4.88 Å². The van der Waals surface area contributed by atoms with Gasteiger partial charge in [0.1, 0.15) is 5.65 Å². The molecule has 1 saturated heterocycles. The Morgan fingerprint density at radius 2 is 2.23 bits per heavy atom. The van der Waals surface area contributed by atoms with Crippen LogP contribution in [0.3, 0.4) is 0 Å². The smallest absolute Gasteiger partial charge is 0.237 e. The fourth-order valence-electron chi connectivity index (χ4n) is 4.15. The number of halogens is 2. The van der Waals surface area contributed by atoms with E-state index in [0.717, 1.165) is 21.7 Å². The maximum Gasteiger partial charge on any atom is 0.237 e. The number of thiophene rings is 1. The third kappa shape index (κ3) is 4.87. The van der Waals surface area contributed by atoms with Gasteiger partial charge in [-0.1, -0.05) is 23.2 Å². The Labute approximate surface area is 193 Å². The minimum atomic E-state index is -0.484. The molecule has 4 N–H and O–H groups in total. The van der Waals surface area contributed by atoms with Crippen molar-refractivity contribution in [3.05, 3.63) is 50.4 Å². The van der Waals surface area contributed by atoms with Crippen LogP contribution in [-0.2, 0) is 22.6 Å². The molecule has 31 heavy (non-hydrogen) atoms. The van der Waals surface area contributed by atoms with E-state index in [9.17, 15) is 9.59 Å². The summed E-state index contributed by atoms with van der Waals surface area (Å²) in [5, 5.41) is 4.34. The van der Waals surface area contributed by atoms with Crippen LogP contribution in [0.2, 0.25) is 9.36 Å². The van der Waals surface area contributed by atoms with Gasteiger partial charge in [-0.25, -0.2) is 4.98 Å². The number of aromatic nitrogens is 2. The van der Waals surface area contributed by atoms with E-state index in [1.807, 2.05) is 23.1 Å². The first-order valence-corrected chi connectivity index (χ1v) is 11.6. The number of H-pyrrole nitrogens is 1. The Morgan fingerprint density at radius 3 is 2.94 bits per heavy atom. The van der Waals surface area contributed by atoms with Gasteiger partial charge in [0.05, 0.1) is 21.4 Å². The van der Waals surface area contributed by atoms with Gasteiger partial charge in [0.2, 0.25) is 11.8 Å². The highest BCUT2D eigenvalue weighted by Gasteiger charge is 2.40. The largest absolute Gasteiger partial charge is 0.368 e. The van der Waals surface area contributed by atoms with Crippen molar-refractivity contribution in [1.29, 1.82) is 0 Å². The van der Waals surface area contributed by atoms with Gasteiger partial charge >= 0.3 is 0 Å². The highest BCUT2D eigenvalue weighted by atomic mass is 35.5. The molecule has 3 atom stereocenters. The quantitative estimate of drug-likeness (QED) is 0.483. The maximum absolute atomic E-state index is 12.8. The summed E-state index contributed by atoms with van der Waals surface area (Å²) in [4.78, 5) is 35.3. The predicted molar refractivity (Wildman–Crippen MR) is 123 cm³/mol. The lowest BCUT2D eigenvalue weighted by Crippen LogP contribution is -2.51. The van der Waals surface area contributed by atoms with Gasteiger partial charge in [-0.2, -0.15) is 0 Å². The number of hydrogen-bond donors (Lipinski definition) is 3. The van der Waals surface area contributed by atoms with Crippen LogP contribution in [-0.4, -0.2) is 45.3 Å². The number of rotatable bonds is 7. The molecule has 0 radical (unpaired) electrons. The first-order valence-electron chi connectivity index (χ1n) is 10.00. The van der Waals surface area contributed by atoms with Gasteiger partial charge in [-0.3, -0.25) is 14.5 Å². The lowest BCUT2D eigenvalue weighted by atomic mass is 10.0. The molecule has 2 amide bonds. The van der Waals surface area contributed by atoms with E-state index < -0.39 is 18.0 Å². The number of likely N-dealkylation sites (tertiary alicyclic amines) is 1. The zero-order valence-electron chi connectivity index (χ0n) is 16.9. The van der Waals surface area contributed by atoms with Crippen molar-refractivity contribution in [2.24, 2.45) is 11.7 Å². The van der Waals surface area contributed by atoms with Gasteiger partial charge < -0.3 is 16.0 Å². The van der Waals surface area contributed by atoms with Crippen LogP contribution in [0.1, 0.15) is 23.8 Å². The fourth-order valence-corrected chi connectivity index (χ4v) is 5.55. The minimum Gasteiger partial charge on any atom is -0.368 e. The Morgan fingerprint density at radius 1 is 1.42 bits per heavy atom. The lowest BCUT2D eigenvalue weighted by molar-refractivity contribution is -0.129. The number of nitrogens with two attached hydrogens (primary N) is 1. The van der Waals surface area contributed by atoms with E-state index in [4.69, 9.17) is 28.9 Å². The molecule has 1 fully saturated rings. The fraction of sp³-hybridized carbons (Fsp3) is 0.381. The highest BCUT2D eigenvalue weighted by molar-refractivity contribution is 7.16. The van der Waals surface area contributed by atoms with Crippen molar-refractivity contribution in [3.8, 4) is 0 Å². The Kier molecular flexibility index (Phi) is 6.52. The van der Waals surface area contributed by atoms with Crippen LogP contribution in [0.15, 0.2) is 30.6 Å². The molecular formula is C21H23Cl2N5O2S. The molecule has 0 spiro atoms. The molecule has 2 unspecified atom stereocenters. The van der Waals surface area contributed by atoms with Gasteiger partial charge in [-0.05, 0) is 49.4 Å². The third-order valence-electron chi connectivity index (χ3n) is 5.75. The minimum absolute atomic E-state index is 0.161. The summed E-state index contributed by atoms with van der Waals surface area (Å²) in [5.41, 5.74) is 7.20. The van der Waals surface area contributed by atoms with Crippen LogP contribution in [0, 0.1) is 5.92 Å². The van der Waals surface area contributed by atoms with E-state index in [-0.39, 0.29) is 11.8 Å². The second-order valence-corrected chi connectivity index (χ2v) is 10.1. The second kappa shape index (κ2) is 9.16. The van der Waals surface area contributed by atoms with Crippen molar-refractivity contribution in [2.75, 3.05) is 6.54 Å². The van der Waals surface area contributed by atoms with Crippen LogP contribution in [0.4, 0.5) is 0 Å². The van der Waals surface area contributed by atoms with Crippen LogP contribution in [0.5, 0.6) is 0 Å². The lowest BCUT2D eigenvalue weighted by Gasteiger charge is -2.28. The molecule has 10 heteroatoms. The average molecular weight is 480 g/mol. The average Bonchev–Trinajstić information content (AvgIpc) is 3.45. The summed E-state index contributed by atoms with van der Waals surface area (Å²) < 4.78 is 0.748. The molecule has 0 bridgehead atoms. The van der Waals surface area contributed by atoms with Gasteiger partial charge in [0.15, 0.2) is 0 Å². The zero-order valence-corrected chi connectivity index (χ0v) is 19.2. The second-order valence-electron chi connectivity index (χ2n) is 7.90. The molecule has 7 nitrogen and oxygen atoms in total. The molecule has 3 aromatic rings. The zero-order chi connectivity index (χ0) is 22.1. The number of fused-ring (bicyclic) bond motifs is 1. The van der Waals surface area contributed by atoms with Crippen molar-refractivity contribution in [2.45, 2.75) is 38.4 Å². The van der Waals surface area contributed by atoms with Crippen molar-refractivity contribution >= 4 is 57.4 Å². The third-order valence-corrected chi connectivity index (χ3v) is 7.32. The monoisotopic (exact) mass is 479 g/mol. The van der Waals surface area contributed by atoms with E-state index in [2.05, 4.69) is 15.3 Å². The van der Waals surface area contributed by atoms with Gasteiger partial charge in [-0.15, -0.1) is 11.3 Å². The number of hydrogen-bond acceptors (Lipinski definition) is 5. The predicted octanol–water partition coefficient (Wildman–Crippen LogP) is 3.35. The number of nitrogens with zero attached hydrogens (tertiary/aromatic N) is 2. The number of primary amides is 1. The Hall–Kier alpha value is -2.13. The van der Waals surface area contributed by atoms with Crippen molar-refractivity contribution in [1.82, 2.24) is 20.2 Å². The molecule has 164 valence electrons. The summed E-state index contributed by atoms with van der Waals surface area (Å²) in [6.07, 6.45) is 4.83. The van der Waals surface area contributed by atoms with E-state index in [1.54, 1.807) is 30.7 Å². The van der Waals surface area contributed by atoms with E-state index in [0.29, 0.717) is 30.2 Å². The SMILES string of the molecule is C[C@@H](C(=O)NCc1cnc2[nH]cc(Cl)c2c1)N1CC(Cc2ccc(Cl)s2)CC1C(N)=O. The van der Waals surface area contributed by atoms with Crippen LogP contribution in [0.25, 0.3) is 11.0 Å². The number of aromatic amines is 1. The molecule has 1 aliphatic heterocycles. The van der Waals surface area contributed by atoms with Crippen LogP contribution >= 0.6 is 34.5 Å². The Bertz CT molecular complexity index is 1110. The maximum atomic E-state index is 12.8. The molecule has 0 aliphatic carbocycles. The molecule has 4 rings (SSSR count). The van der Waals surface area contributed by atoms with Crippen LogP contribution < -0.4 is 11.1 Å². The van der Waals surface area contributed by atoms with Crippen molar-refractivity contribution < 1.29 is 9.59 Å². The van der Waals surface area contributed by atoms with Gasteiger partial charge in [0, 0.05) is 35.7 Å². The standard InChI is InChI=1S/C21H23Cl2N5O2S/c1-11(21(30)27-8-13-5-15-16(22)9-26-20(15)25-7-13)28-10-12(6-17(28)19(24)29)4-14-2-3-18(23)31-14/h2-3,5,7,9,11-12,17H,4,6,8,10H2,1H3,(H2,24,29)(H,25,26)(H,27,30)/t11-,12?,17?/m0/s1. The van der Waals surface area contributed by atoms with Gasteiger partial charge in [0.25, 0.3) is 0 Å². The molecule has 3 aromatic heterocycles. The first kappa shape index (κ1) is 22.1. The summed E-state index contributed by atoms with van der Waals surface area (Å²) in [7, 11) is 0. The summed E-state index contributed by atoms with van der Waals surface area (Å²) in [6, 6.07) is 4.84. The number of nitrogens with one attached hydrogen (secondary N) is 2. The number of pyridine rings is 1. The Balaban J connectivity index is 1.39. The number of carbonyl (C=O) groups excluding carboxylic acids is 2. The summed E-state index contributed by atoms with van der Waals surface area (Å²) in [5.74, 6) is -0.320. The molecule has 1 aliphatic rings. The highest BCUT2D eigenvalue weighted by Crippen LogP contribution is 2.31. The summed E-state index contributed by atoms with van der Waals surface area (Å²) >= 11 is 13.7. The van der Waals surface area contributed by atoms with Crippen molar-refractivity contribution in [3.63, 3.8) is 0 Å².